The highest BCUT2D eigenvalue weighted by molar-refractivity contribution is 8.15. The van der Waals surface area contributed by atoms with E-state index in [0.717, 1.165) is 25.1 Å². The Hall–Kier alpha value is -1.20. The van der Waals surface area contributed by atoms with Crippen LogP contribution in [0.15, 0.2) is 17.1 Å². The van der Waals surface area contributed by atoms with Gasteiger partial charge in [-0.3, -0.25) is 4.99 Å². The number of hydrogen-bond acceptors (Lipinski definition) is 5. The Balaban J connectivity index is 1.81. The molecule has 0 aromatic heterocycles. The van der Waals surface area contributed by atoms with Gasteiger partial charge in [-0.25, -0.2) is 0 Å². The summed E-state index contributed by atoms with van der Waals surface area (Å²) in [6.07, 6.45) is 2.12. The van der Waals surface area contributed by atoms with Crippen molar-refractivity contribution in [3.05, 3.63) is 28.8 Å². The fourth-order valence-corrected chi connectivity index (χ4v) is 5.47. The highest BCUT2D eigenvalue weighted by atomic mass is 32.2. The summed E-state index contributed by atoms with van der Waals surface area (Å²) in [5, 5.41) is 0.696. The van der Waals surface area contributed by atoms with Crippen molar-refractivity contribution in [1.29, 1.82) is 0 Å². The lowest BCUT2D eigenvalue weighted by molar-refractivity contribution is 0.180. The number of rotatable bonds is 2. The number of amidine groups is 1. The molecule has 5 heteroatoms. The quantitative estimate of drug-likeness (QED) is 0.814. The number of anilines is 1. The zero-order valence-electron chi connectivity index (χ0n) is 11.8. The molecule has 4 rings (SSSR count). The third-order valence-corrected chi connectivity index (χ3v) is 6.29. The highest BCUT2D eigenvalue weighted by Gasteiger charge is 2.70. The average molecular weight is 289 g/mol. The van der Waals surface area contributed by atoms with Crippen LogP contribution < -0.4 is 11.5 Å². The molecule has 1 aliphatic heterocycles. The molecule has 0 saturated heterocycles. The van der Waals surface area contributed by atoms with E-state index in [9.17, 15) is 0 Å². The van der Waals surface area contributed by atoms with Crippen LogP contribution in [0, 0.1) is 12.8 Å². The smallest absolute Gasteiger partial charge is 0.155 e. The van der Waals surface area contributed by atoms with Crippen LogP contribution in [0.3, 0.4) is 0 Å². The minimum Gasteiger partial charge on any atom is -0.399 e. The van der Waals surface area contributed by atoms with E-state index >= 15 is 0 Å². The zero-order valence-corrected chi connectivity index (χ0v) is 12.6. The van der Waals surface area contributed by atoms with Crippen LogP contribution in [0.1, 0.15) is 23.1 Å². The van der Waals surface area contributed by atoms with E-state index in [1.54, 1.807) is 18.9 Å². The van der Waals surface area contributed by atoms with Crippen molar-refractivity contribution in [2.24, 2.45) is 16.6 Å². The summed E-state index contributed by atoms with van der Waals surface area (Å²) in [5.41, 5.74) is 16.8. The molecule has 4 nitrogen and oxygen atoms in total. The van der Waals surface area contributed by atoms with Crippen molar-refractivity contribution >= 4 is 22.6 Å². The normalized spacial score (nSPS) is 36.9. The van der Waals surface area contributed by atoms with E-state index < -0.39 is 0 Å². The van der Waals surface area contributed by atoms with Crippen molar-refractivity contribution in [3.8, 4) is 0 Å². The molecule has 2 aliphatic carbocycles. The van der Waals surface area contributed by atoms with Gasteiger partial charge >= 0.3 is 0 Å². The number of fused-ring (bicyclic) bond motifs is 4. The number of aryl methyl sites for hydroxylation is 1. The number of nitrogen functional groups attached to an aromatic ring is 1. The fraction of sp³-hybridized carbons (Fsp3) is 0.533. The van der Waals surface area contributed by atoms with Crippen LogP contribution in [0.2, 0.25) is 0 Å². The van der Waals surface area contributed by atoms with Crippen molar-refractivity contribution in [3.63, 3.8) is 0 Å². The molecule has 3 atom stereocenters. The monoisotopic (exact) mass is 289 g/mol. The van der Waals surface area contributed by atoms with Crippen molar-refractivity contribution in [2.45, 2.75) is 30.1 Å². The summed E-state index contributed by atoms with van der Waals surface area (Å²) in [6, 6.07) is 4.14. The second-order valence-electron chi connectivity index (χ2n) is 6.27. The summed E-state index contributed by atoms with van der Waals surface area (Å²) in [5.74, 6) is 0.529. The van der Waals surface area contributed by atoms with Gasteiger partial charge in [-0.15, -0.1) is 0 Å². The first kappa shape index (κ1) is 12.5. The Morgan fingerprint density at radius 3 is 3.00 bits per heavy atom. The van der Waals surface area contributed by atoms with Crippen LogP contribution in [-0.2, 0) is 16.7 Å². The number of ether oxygens (including phenoxy) is 1. The average Bonchev–Trinajstić information content (AvgIpc) is 3.05. The van der Waals surface area contributed by atoms with Crippen molar-refractivity contribution in [2.75, 3.05) is 19.5 Å². The first-order valence-corrected chi connectivity index (χ1v) is 7.75. The van der Waals surface area contributed by atoms with Crippen LogP contribution >= 0.6 is 11.8 Å². The molecule has 0 radical (unpaired) electrons. The lowest BCUT2D eigenvalue weighted by Crippen LogP contribution is -2.47. The van der Waals surface area contributed by atoms with E-state index in [1.807, 2.05) is 6.07 Å². The number of aliphatic imine (C=N–C) groups is 1. The van der Waals surface area contributed by atoms with Gasteiger partial charge in [0, 0.05) is 25.1 Å². The van der Waals surface area contributed by atoms with Gasteiger partial charge < -0.3 is 16.2 Å². The first-order valence-electron chi connectivity index (χ1n) is 6.93. The molecule has 1 saturated carbocycles. The zero-order chi connectivity index (χ0) is 14.1. The number of hydrogen-bond donors (Lipinski definition) is 2. The van der Waals surface area contributed by atoms with Gasteiger partial charge in [-0.2, -0.15) is 0 Å². The van der Waals surface area contributed by atoms with Gasteiger partial charge in [0.05, 0.1) is 16.9 Å². The molecule has 1 aromatic carbocycles. The SMILES string of the molecule is COC[C@]12C[C@H]1[C@]1(Cc3c(C)cc(N)cc31)N=C(N)S2. The third kappa shape index (κ3) is 1.40. The predicted octanol–water partition coefficient (Wildman–Crippen LogP) is 1.80. The molecule has 3 aliphatic rings. The molecule has 0 bridgehead atoms. The van der Waals surface area contributed by atoms with E-state index in [-0.39, 0.29) is 10.3 Å². The number of methoxy groups -OCH3 is 1. The number of nitrogens with zero attached hydrogens (tertiary/aromatic N) is 1. The number of benzene rings is 1. The molecular formula is C15H19N3OS. The van der Waals surface area contributed by atoms with Gasteiger partial charge in [0.1, 0.15) is 0 Å². The summed E-state index contributed by atoms with van der Waals surface area (Å²) in [6.45, 7) is 2.87. The van der Waals surface area contributed by atoms with Crippen molar-refractivity contribution in [1.82, 2.24) is 0 Å². The topological polar surface area (TPSA) is 73.6 Å². The molecule has 0 amide bonds. The molecule has 20 heavy (non-hydrogen) atoms. The maximum atomic E-state index is 6.11. The van der Waals surface area contributed by atoms with Gasteiger partial charge in [0.2, 0.25) is 0 Å². The van der Waals surface area contributed by atoms with Crippen LogP contribution in [0.25, 0.3) is 0 Å². The molecular weight excluding hydrogens is 270 g/mol. The standard InChI is InChI=1S/C15H19N3OS/c1-8-3-9(16)4-11-10(8)5-15(11)12-6-14(12,7-19-2)20-13(17)18-15/h3-4,12H,5-7,16H2,1-2H3,(H2,17,18)/t12-,14-,15-/m1/s1. The maximum Gasteiger partial charge on any atom is 0.155 e. The van der Waals surface area contributed by atoms with Crippen LogP contribution in [0.5, 0.6) is 0 Å². The summed E-state index contributed by atoms with van der Waals surface area (Å²) in [7, 11) is 1.76. The van der Waals surface area contributed by atoms with E-state index in [4.69, 9.17) is 21.2 Å². The Morgan fingerprint density at radius 2 is 2.25 bits per heavy atom. The fourth-order valence-electron chi connectivity index (χ4n) is 4.08. The Labute approximate surface area is 123 Å². The van der Waals surface area contributed by atoms with Gasteiger partial charge in [-0.05, 0) is 42.2 Å². The first-order chi connectivity index (χ1) is 9.51. The minimum absolute atomic E-state index is 0.136. The largest absolute Gasteiger partial charge is 0.399 e. The molecule has 0 unspecified atom stereocenters. The maximum absolute atomic E-state index is 6.11. The van der Waals surface area contributed by atoms with Crippen LogP contribution in [0.4, 0.5) is 5.69 Å². The Bertz CT molecular complexity index is 644. The molecule has 1 spiro atoms. The second-order valence-corrected chi connectivity index (χ2v) is 7.71. The Kier molecular flexibility index (Phi) is 2.32. The predicted molar refractivity (Wildman–Crippen MR) is 82.9 cm³/mol. The molecule has 1 fully saturated rings. The highest BCUT2D eigenvalue weighted by Crippen LogP contribution is 2.69. The summed E-state index contributed by atoms with van der Waals surface area (Å²) in [4.78, 5) is 4.84. The number of thioether (sulfide) groups is 1. The molecule has 1 aromatic rings. The van der Waals surface area contributed by atoms with E-state index in [1.165, 1.54) is 16.7 Å². The van der Waals surface area contributed by atoms with Crippen LogP contribution in [-0.4, -0.2) is 23.6 Å². The molecule has 1 heterocycles. The lowest BCUT2D eigenvalue weighted by atomic mass is 9.65. The summed E-state index contributed by atoms with van der Waals surface area (Å²) < 4.78 is 5.55. The molecule has 106 valence electrons. The van der Waals surface area contributed by atoms with Gasteiger partial charge in [0.15, 0.2) is 5.17 Å². The second kappa shape index (κ2) is 3.71. The molecule has 4 N–H and O–H groups in total. The van der Waals surface area contributed by atoms with Gasteiger partial charge in [0.25, 0.3) is 0 Å². The third-order valence-electron chi connectivity index (χ3n) is 5.02. The lowest BCUT2D eigenvalue weighted by Gasteiger charge is -2.46. The van der Waals surface area contributed by atoms with E-state index in [0.29, 0.717) is 11.1 Å². The minimum atomic E-state index is -0.136. The van der Waals surface area contributed by atoms with Crippen molar-refractivity contribution < 1.29 is 4.74 Å². The van der Waals surface area contributed by atoms with Gasteiger partial charge in [-0.1, -0.05) is 11.8 Å². The number of nitrogens with two attached hydrogens (primary N) is 2. The van der Waals surface area contributed by atoms with E-state index in [2.05, 4.69) is 13.0 Å². The Morgan fingerprint density at radius 1 is 1.45 bits per heavy atom. The summed E-state index contributed by atoms with van der Waals surface area (Å²) >= 11 is 1.69.